The molecule has 0 aliphatic heterocycles. The summed E-state index contributed by atoms with van der Waals surface area (Å²) in [4.78, 5) is 23.1. The molecule has 0 heterocycles. The number of rotatable bonds is 4. The summed E-state index contributed by atoms with van der Waals surface area (Å²) in [5.41, 5.74) is 5.58. The summed E-state index contributed by atoms with van der Waals surface area (Å²) in [6, 6.07) is 14.4. The zero-order chi connectivity index (χ0) is 15.4. The average molecular weight is 285 g/mol. The summed E-state index contributed by atoms with van der Waals surface area (Å²) < 4.78 is 13.5. The van der Waals surface area contributed by atoms with Gasteiger partial charge in [0.2, 0.25) is 5.83 Å². The van der Waals surface area contributed by atoms with E-state index in [1.54, 1.807) is 42.5 Å². The lowest BCUT2D eigenvalue weighted by molar-refractivity contribution is -0.134. The van der Waals surface area contributed by atoms with Gasteiger partial charge in [0, 0.05) is 16.7 Å². The molecule has 106 valence electrons. The fourth-order valence-corrected chi connectivity index (χ4v) is 1.89. The Kier molecular flexibility index (Phi) is 4.13. The Labute approximate surface area is 120 Å². The quantitative estimate of drug-likeness (QED) is 0.668. The summed E-state index contributed by atoms with van der Waals surface area (Å²) >= 11 is 0. The van der Waals surface area contributed by atoms with E-state index in [1.807, 2.05) is 0 Å². The Balaban J connectivity index is 2.55. The van der Waals surface area contributed by atoms with Gasteiger partial charge >= 0.3 is 5.97 Å². The first-order valence-electron chi connectivity index (χ1n) is 6.10. The molecule has 0 aliphatic rings. The molecule has 2 aromatic carbocycles. The van der Waals surface area contributed by atoms with Crippen LogP contribution in [0.4, 0.5) is 4.39 Å². The zero-order valence-corrected chi connectivity index (χ0v) is 10.9. The maximum atomic E-state index is 13.5. The Morgan fingerprint density at radius 3 is 2.00 bits per heavy atom. The van der Waals surface area contributed by atoms with Crippen molar-refractivity contribution < 1.29 is 19.1 Å². The maximum absolute atomic E-state index is 13.5. The minimum Gasteiger partial charge on any atom is -0.476 e. The van der Waals surface area contributed by atoms with Gasteiger partial charge in [-0.1, -0.05) is 54.6 Å². The number of carboxylic acid groups (broad SMARTS) is 1. The topological polar surface area (TPSA) is 80.4 Å². The highest BCUT2D eigenvalue weighted by Gasteiger charge is 2.19. The van der Waals surface area contributed by atoms with Gasteiger partial charge in [-0.25, -0.2) is 4.79 Å². The number of hydrogen-bond donors (Lipinski definition) is 2. The van der Waals surface area contributed by atoms with E-state index in [0.717, 1.165) is 0 Å². The lowest BCUT2D eigenvalue weighted by atomic mass is 9.96. The first kappa shape index (κ1) is 14.5. The van der Waals surface area contributed by atoms with Gasteiger partial charge in [0.15, 0.2) is 5.78 Å². The van der Waals surface area contributed by atoms with E-state index < -0.39 is 17.5 Å². The molecule has 21 heavy (non-hydrogen) atoms. The molecule has 0 amide bonds. The molecule has 2 aromatic rings. The van der Waals surface area contributed by atoms with Crippen LogP contribution in [0.2, 0.25) is 0 Å². The molecule has 5 heteroatoms. The third-order valence-electron chi connectivity index (χ3n) is 2.92. The summed E-state index contributed by atoms with van der Waals surface area (Å²) in [7, 11) is 0. The third kappa shape index (κ3) is 2.97. The van der Waals surface area contributed by atoms with Crippen molar-refractivity contribution in [2.75, 3.05) is 0 Å². The van der Waals surface area contributed by atoms with Crippen molar-refractivity contribution in [1.29, 1.82) is 0 Å². The molecule has 3 N–H and O–H groups in total. The van der Waals surface area contributed by atoms with Gasteiger partial charge in [-0.3, -0.25) is 4.79 Å². The van der Waals surface area contributed by atoms with E-state index in [9.17, 15) is 14.0 Å². The van der Waals surface area contributed by atoms with E-state index in [0.29, 0.717) is 5.56 Å². The van der Waals surface area contributed by atoms with Gasteiger partial charge in [0.25, 0.3) is 0 Å². The van der Waals surface area contributed by atoms with Crippen LogP contribution >= 0.6 is 0 Å². The molecule has 0 aliphatic carbocycles. The van der Waals surface area contributed by atoms with Gasteiger partial charge in [0.1, 0.15) is 0 Å². The highest BCUT2D eigenvalue weighted by molar-refractivity contribution is 6.12. The summed E-state index contributed by atoms with van der Waals surface area (Å²) in [6.45, 7) is 0. The summed E-state index contributed by atoms with van der Waals surface area (Å²) in [5, 5.41) is 8.66. The number of carboxylic acids is 1. The Hall–Kier alpha value is -2.95. The molecule has 0 radical (unpaired) electrons. The molecular weight excluding hydrogens is 273 g/mol. The van der Waals surface area contributed by atoms with Crippen LogP contribution in [0.25, 0.3) is 5.70 Å². The van der Waals surface area contributed by atoms with Crippen LogP contribution in [-0.2, 0) is 4.79 Å². The maximum Gasteiger partial charge on any atom is 0.366 e. The fourth-order valence-electron chi connectivity index (χ4n) is 1.89. The minimum atomic E-state index is -1.77. The van der Waals surface area contributed by atoms with E-state index in [-0.39, 0.29) is 16.9 Å². The van der Waals surface area contributed by atoms with Crippen LogP contribution < -0.4 is 5.73 Å². The second kappa shape index (κ2) is 6.00. The minimum absolute atomic E-state index is 0.0613. The van der Waals surface area contributed by atoms with Crippen molar-refractivity contribution in [2.24, 2.45) is 5.73 Å². The average Bonchev–Trinajstić information content (AvgIpc) is 2.53. The van der Waals surface area contributed by atoms with Crippen molar-refractivity contribution in [2.45, 2.75) is 0 Å². The molecule has 2 rings (SSSR count). The number of halogens is 1. The normalized spacial score (nSPS) is 11.7. The number of benzene rings is 2. The third-order valence-corrected chi connectivity index (χ3v) is 2.92. The molecule has 0 saturated heterocycles. The molecular formula is C16H12FNO3. The van der Waals surface area contributed by atoms with Crippen molar-refractivity contribution in [3.05, 3.63) is 77.1 Å². The smallest absolute Gasteiger partial charge is 0.366 e. The Bertz CT molecular complexity index is 723. The second-order valence-electron chi connectivity index (χ2n) is 4.27. The van der Waals surface area contributed by atoms with Gasteiger partial charge in [-0.05, 0) is 0 Å². The number of carbonyl (C=O) groups excluding carboxylic acids is 1. The van der Waals surface area contributed by atoms with Crippen LogP contribution in [0.15, 0.2) is 60.4 Å². The van der Waals surface area contributed by atoms with Crippen molar-refractivity contribution >= 4 is 17.4 Å². The number of nitrogens with two attached hydrogens (primary N) is 1. The van der Waals surface area contributed by atoms with Crippen molar-refractivity contribution in [3.8, 4) is 0 Å². The number of ketones is 1. The van der Waals surface area contributed by atoms with Gasteiger partial charge in [-0.15, -0.1) is 0 Å². The SMILES string of the molecule is NC(=C(F)C(=O)O)c1ccccc1C(=O)c1ccccc1. The number of hydrogen-bond acceptors (Lipinski definition) is 3. The van der Waals surface area contributed by atoms with E-state index >= 15 is 0 Å². The molecule has 0 bridgehead atoms. The summed E-state index contributed by atoms with van der Waals surface area (Å²) in [6.07, 6.45) is 0. The van der Waals surface area contributed by atoms with E-state index in [2.05, 4.69) is 0 Å². The molecule has 0 aromatic heterocycles. The highest BCUT2D eigenvalue weighted by atomic mass is 19.1. The first-order valence-corrected chi connectivity index (χ1v) is 6.10. The summed E-state index contributed by atoms with van der Waals surface area (Å²) in [5.74, 6) is -3.61. The molecule has 0 fully saturated rings. The lowest BCUT2D eigenvalue weighted by Crippen LogP contribution is -2.11. The standard InChI is InChI=1S/C16H12FNO3/c17-13(16(20)21)14(18)11-8-4-5-9-12(11)15(19)10-6-2-1-3-7-10/h1-9H,18H2,(H,20,21). The fraction of sp³-hybridized carbons (Fsp3) is 0. The molecule has 0 saturated carbocycles. The van der Waals surface area contributed by atoms with Gasteiger partial charge < -0.3 is 10.8 Å². The number of carbonyl (C=O) groups is 2. The lowest BCUT2D eigenvalue weighted by Gasteiger charge is -2.09. The van der Waals surface area contributed by atoms with Gasteiger partial charge in [-0.2, -0.15) is 4.39 Å². The van der Waals surface area contributed by atoms with E-state index in [1.165, 1.54) is 12.1 Å². The first-order chi connectivity index (χ1) is 10.0. The van der Waals surface area contributed by atoms with Crippen LogP contribution in [0.1, 0.15) is 21.5 Å². The Morgan fingerprint density at radius 2 is 1.43 bits per heavy atom. The monoisotopic (exact) mass is 285 g/mol. The number of aliphatic carboxylic acids is 1. The largest absolute Gasteiger partial charge is 0.476 e. The predicted molar refractivity (Wildman–Crippen MR) is 76.2 cm³/mol. The Morgan fingerprint density at radius 1 is 0.905 bits per heavy atom. The van der Waals surface area contributed by atoms with Crippen LogP contribution in [0.3, 0.4) is 0 Å². The molecule has 0 spiro atoms. The van der Waals surface area contributed by atoms with Crippen LogP contribution in [0.5, 0.6) is 0 Å². The van der Waals surface area contributed by atoms with Crippen LogP contribution in [-0.4, -0.2) is 16.9 Å². The molecule has 0 atom stereocenters. The molecule has 4 nitrogen and oxygen atoms in total. The van der Waals surface area contributed by atoms with Gasteiger partial charge in [0.05, 0.1) is 5.70 Å². The zero-order valence-electron chi connectivity index (χ0n) is 10.9. The van der Waals surface area contributed by atoms with Crippen molar-refractivity contribution in [3.63, 3.8) is 0 Å². The predicted octanol–water partition coefficient (Wildman–Crippen LogP) is 2.60. The van der Waals surface area contributed by atoms with Crippen molar-refractivity contribution in [1.82, 2.24) is 0 Å². The highest BCUT2D eigenvalue weighted by Crippen LogP contribution is 2.22. The van der Waals surface area contributed by atoms with E-state index in [4.69, 9.17) is 10.8 Å². The molecule has 0 unspecified atom stereocenters. The van der Waals surface area contributed by atoms with Crippen LogP contribution in [0, 0.1) is 0 Å². The second-order valence-corrected chi connectivity index (χ2v) is 4.27.